The van der Waals surface area contributed by atoms with E-state index in [0.717, 1.165) is 0 Å². The third-order valence-corrected chi connectivity index (χ3v) is 3.53. The largest absolute Gasteiger partial charge is 0.391 e. The van der Waals surface area contributed by atoms with E-state index in [0.29, 0.717) is 18.4 Å². The Kier molecular flexibility index (Phi) is 4.78. The Hall–Kier alpha value is -1.49. The first-order chi connectivity index (χ1) is 8.45. The summed E-state index contributed by atoms with van der Waals surface area (Å²) in [6, 6.07) is 5.35. The lowest BCUT2D eigenvalue weighted by molar-refractivity contribution is 0.0920. The molecule has 1 amide bonds. The van der Waals surface area contributed by atoms with Gasteiger partial charge in [0, 0.05) is 5.56 Å². The first-order valence-electron chi connectivity index (χ1n) is 5.83. The third-order valence-electron chi connectivity index (χ3n) is 3.14. The Bertz CT molecular complexity index is 441. The molecule has 0 aliphatic rings. The van der Waals surface area contributed by atoms with Crippen LogP contribution in [0.2, 0.25) is 0 Å². The summed E-state index contributed by atoms with van der Waals surface area (Å²) in [5, 5.41) is 2.84. The highest BCUT2D eigenvalue weighted by Crippen LogP contribution is 2.17. The molecule has 3 N–H and O–H groups in total. The van der Waals surface area contributed by atoms with Crippen molar-refractivity contribution in [3.05, 3.63) is 35.6 Å². The van der Waals surface area contributed by atoms with Crippen molar-refractivity contribution in [3.63, 3.8) is 0 Å². The van der Waals surface area contributed by atoms with E-state index in [2.05, 4.69) is 5.32 Å². The molecule has 0 bridgehead atoms. The Morgan fingerprint density at radius 2 is 1.83 bits per heavy atom. The normalized spacial score (nSPS) is 11.1. The SMILES string of the molecule is CCC(CC)(NC(=O)c1ccc(F)cc1)C(N)=S. The molecule has 0 atom stereocenters. The van der Waals surface area contributed by atoms with Gasteiger partial charge in [-0.15, -0.1) is 0 Å². The van der Waals surface area contributed by atoms with E-state index in [4.69, 9.17) is 18.0 Å². The molecule has 0 heterocycles. The summed E-state index contributed by atoms with van der Waals surface area (Å²) in [5.74, 6) is -0.676. The third kappa shape index (κ3) is 3.04. The predicted octanol–water partition coefficient (Wildman–Crippen LogP) is 2.40. The van der Waals surface area contributed by atoms with E-state index in [1.54, 1.807) is 0 Å². The second-order valence-electron chi connectivity index (χ2n) is 4.11. The van der Waals surface area contributed by atoms with Crippen LogP contribution >= 0.6 is 12.2 Å². The van der Waals surface area contributed by atoms with Gasteiger partial charge in [0.15, 0.2) is 0 Å². The Morgan fingerprint density at radius 3 is 2.22 bits per heavy atom. The van der Waals surface area contributed by atoms with Crippen LogP contribution in [0.25, 0.3) is 0 Å². The summed E-state index contributed by atoms with van der Waals surface area (Å²) >= 11 is 5.02. The predicted molar refractivity (Wildman–Crippen MR) is 74.0 cm³/mol. The van der Waals surface area contributed by atoms with Crippen LogP contribution in [0.5, 0.6) is 0 Å². The van der Waals surface area contributed by atoms with Gasteiger partial charge < -0.3 is 11.1 Å². The zero-order valence-corrected chi connectivity index (χ0v) is 11.3. The minimum Gasteiger partial charge on any atom is -0.391 e. The molecule has 3 nitrogen and oxygen atoms in total. The van der Waals surface area contributed by atoms with Gasteiger partial charge in [0.1, 0.15) is 5.82 Å². The molecule has 0 unspecified atom stereocenters. The molecule has 5 heteroatoms. The number of nitrogens with two attached hydrogens (primary N) is 1. The van der Waals surface area contributed by atoms with Crippen LogP contribution in [-0.4, -0.2) is 16.4 Å². The average Bonchev–Trinajstić information content (AvgIpc) is 2.36. The second kappa shape index (κ2) is 5.91. The number of benzene rings is 1. The maximum Gasteiger partial charge on any atom is 0.252 e. The molecule has 1 rings (SSSR count). The minimum absolute atomic E-state index is 0.267. The summed E-state index contributed by atoms with van der Waals surface area (Å²) in [5.41, 5.74) is 5.41. The highest BCUT2D eigenvalue weighted by atomic mass is 32.1. The van der Waals surface area contributed by atoms with Crippen molar-refractivity contribution in [1.82, 2.24) is 5.32 Å². The quantitative estimate of drug-likeness (QED) is 0.806. The molecule has 0 spiro atoms. The van der Waals surface area contributed by atoms with Crippen LogP contribution in [-0.2, 0) is 0 Å². The number of rotatable bonds is 5. The van der Waals surface area contributed by atoms with E-state index in [-0.39, 0.29) is 16.7 Å². The van der Waals surface area contributed by atoms with Gasteiger partial charge in [0.2, 0.25) is 0 Å². The fourth-order valence-electron chi connectivity index (χ4n) is 1.73. The lowest BCUT2D eigenvalue weighted by atomic mass is 9.92. The van der Waals surface area contributed by atoms with Crippen molar-refractivity contribution in [1.29, 1.82) is 0 Å². The van der Waals surface area contributed by atoms with Crippen LogP contribution in [0.4, 0.5) is 4.39 Å². The van der Waals surface area contributed by atoms with E-state index < -0.39 is 5.54 Å². The number of hydrogen-bond acceptors (Lipinski definition) is 2. The van der Waals surface area contributed by atoms with Crippen LogP contribution in [0.3, 0.4) is 0 Å². The van der Waals surface area contributed by atoms with Gasteiger partial charge in [-0.2, -0.15) is 0 Å². The van der Waals surface area contributed by atoms with Gasteiger partial charge in [0.05, 0.1) is 10.5 Å². The van der Waals surface area contributed by atoms with Crippen LogP contribution in [0.15, 0.2) is 24.3 Å². The zero-order chi connectivity index (χ0) is 13.8. The molecule has 1 aromatic carbocycles. The van der Waals surface area contributed by atoms with Gasteiger partial charge in [0.25, 0.3) is 5.91 Å². The first kappa shape index (κ1) is 14.6. The first-order valence-corrected chi connectivity index (χ1v) is 6.24. The Morgan fingerprint density at radius 1 is 1.33 bits per heavy atom. The fourth-order valence-corrected chi connectivity index (χ4v) is 2.07. The van der Waals surface area contributed by atoms with Crippen molar-refractivity contribution >= 4 is 23.1 Å². The molecular formula is C13H17FN2OS. The minimum atomic E-state index is -0.680. The van der Waals surface area contributed by atoms with Gasteiger partial charge in [-0.05, 0) is 37.1 Å². The molecule has 0 saturated heterocycles. The Balaban J connectivity index is 2.91. The summed E-state index contributed by atoms with van der Waals surface area (Å²) in [4.78, 5) is 12.3. The van der Waals surface area contributed by atoms with Crippen molar-refractivity contribution in [2.75, 3.05) is 0 Å². The summed E-state index contributed by atoms with van der Waals surface area (Å²) in [7, 11) is 0. The maximum atomic E-state index is 12.8. The van der Waals surface area contributed by atoms with Crippen molar-refractivity contribution in [3.8, 4) is 0 Å². The summed E-state index contributed by atoms with van der Waals surface area (Å²) in [6.07, 6.45) is 1.23. The number of thiocarbonyl (C=S) groups is 1. The van der Waals surface area contributed by atoms with Crippen molar-refractivity contribution in [2.45, 2.75) is 32.2 Å². The fraction of sp³-hybridized carbons (Fsp3) is 0.385. The lowest BCUT2D eigenvalue weighted by Crippen LogP contribution is -2.55. The molecule has 18 heavy (non-hydrogen) atoms. The molecule has 0 fully saturated rings. The number of hydrogen-bond donors (Lipinski definition) is 2. The number of carbonyl (C=O) groups is 1. The van der Waals surface area contributed by atoms with E-state index in [9.17, 15) is 9.18 Å². The van der Waals surface area contributed by atoms with E-state index >= 15 is 0 Å². The van der Waals surface area contributed by atoms with E-state index in [1.165, 1.54) is 24.3 Å². The maximum absolute atomic E-state index is 12.8. The van der Waals surface area contributed by atoms with Gasteiger partial charge >= 0.3 is 0 Å². The number of carbonyl (C=O) groups excluding carboxylic acids is 1. The molecule has 98 valence electrons. The monoisotopic (exact) mass is 268 g/mol. The number of halogens is 1. The standard InChI is InChI=1S/C13H17FN2OS/c1-3-13(4-2,12(15)18)16-11(17)9-5-7-10(14)8-6-9/h5-8H,3-4H2,1-2H3,(H2,15,18)(H,16,17). The number of amides is 1. The summed E-state index contributed by atoms with van der Waals surface area (Å²) < 4.78 is 12.8. The summed E-state index contributed by atoms with van der Waals surface area (Å²) in [6.45, 7) is 3.82. The second-order valence-corrected chi connectivity index (χ2v) is 4.55. The molecule has 0 aliphatic heterocycles. The van der Waals surface area contributed by atoms with Gasteiger partial charge in [-0.25, -0.2) is 4.39 Å². The van der Waals surface area contributed by atoms with Crippen molar-refractivity contribution in [2.24, 2.45) is 5.73 Å². The van der Waals surface area contributed by atoms with E-state index in [1.807, 2.05) is 13.8 Å². The molecular weight excluding hydrogens is 251 g/mol. The van der Waals surface area contributed by atoms with Crippen LogP contribution in [0.1, 0.15) is 37.0 Å². The Labute approximate surface area is 112 Å². The average molecular weight is 268 g/mol. The van der Waals surface area contributed by atoms with Crippen LogP contribution in [0, 0.1) is 5.82 Å². The topological polar surface area (TPSA) is 55.1 Å². The van der Waals surface area contributed by atoms with Crippen molar-refractivity contribution < 1.29 is 9.18 Å². The van der Waals surface area contributed by atoms with Gasteiger partial charge in [-0.3, -0.25) is 4.79 Å². The lowest BCUT2D eigenvalue weighted by Gasteiger charge is -2.31. The van der Waals surface area contributed by atoms with Gasteiger partial charge in [-0.1, -0.05) is 26.1 Å². The smallest absolute Gasteiger partial charge is 0.252 e. The highest BCUT2D eigenvalue weighted by molar-refractivity contribution is 7.80. The molecule has 0 aliphatic carbocycles. The molecule has 0 aromatic heterocycles. The molecule has 0 radical (unpaired) electrons. The molecule has 1 aromatic rings. The van der Waals surface area contributed by atoms with Crippen LogP contribution < -0.4 is 11.1 Å². The molecule has 0 saturated carbocycles. The highest BCUT2D eigenvalue weighted by Gasteiger charge is 2.31. The zero-order valence-electron chi connectivity index (χ0n) is 10.5. The number of nitrogens with one attached hydrogen (secondary N) is 1.